The highest BCUT2D eigenvalue weighted by molar-refractivity contribution is 9.10. The number of halogens is 2. The maximum absolute atomic E-state index is 13.5. The Labute approximate surface area is 277 Å². The second kappa shape index (κ2) is 14.0. The number of benzene rings is 3. The van der Waals surface area contributed by atoms with Crippen LogP contribution >= 0.6 is 27.3 Å². The number of aromatic nitrogens is 4. The van der Waals surface area contributed by atoms with Crippen molar-refractivity contribution >= 4 is 59.5 Å². The second-order valence-electron chi connectivity index (χ2n) is 10.2. The number of nitrogens with zero attached hydrogens (tertiary/aromatic N) is 4. The monoisotopic (exact) mass is 719 g/mol. The van der Waals surface area contributed by atoms with Gasteiger partial charge >= 0.3 is 0 Å². The fraction of sp³-hybridized carbons (Fsp3) is 0.152. The molecule has 0 amide bonds. The minimum atomic E-state index is -3.53. The van der Waals surface area contributed by atoms with Gasteiger partial charge in [0.1, 0.15) is 41.4 Å². The van der Waals surface area contributed by atoms with Crippen molar-refractivity contribution < 1.29 is 22.3 Å². The first-order chi connectivity index (χ1) is 22.2. The first kappa shape index (κ1) is 31.7. The molecule has 234 valence electrons. The lowest BCUT2D eigenvalue weighted by atomic mass is 10.1. The molecule has 0 aliphatic heterocycles. The van der Waals surface area contributed by atoms with Crippen LogP contribution in [-0.2, 0) is 21.2 Å². The van der Waals surface area contributed by atoms with Crippen LogP contribution in [0.25, 0.3) is 22.2 Å². The predicted octanol–water partition coefficient (Wildman–Crippen LogP) is 7.92. The first-order valence-corrected chi connectivity index (χ1v) is 17.5. The van der Waals surface area contributed by atoms with Crippen molar-refractivity contribution in [2.75, 3.05) is 17.7 Å². The molecule has 46 heavy (non-hydrogen) atoms. The minimum Gasteiger partial charge on any atom is -0.488 e. The number of hydrogen-bond donors (Lipinski definition) is 1. The van der Waals surface area contributed by atoms with E-state index in [9.17, 15) is 12.8 Å². The Balaban J connectivity index is 1.13. The molecule has 3 aromatic carbocycles. The number of nitrogens with one attached hydrogen (secondary N) is 1. The van der Waals surface area contributed by atoms with Crippen molar-refractivity contribution in [2.24, 2.45) is 0 Å². The first-order valence-electron chi connectivity index (χ1n) is 14.1. The van der Waals surface area contributed by atoms with E-state index in [0.29, 0.717) is 11.6 Å². The number of ether oxygens (including phenoxy) is 2. The Bertz CT molecular complexity index is 2100. The molecule has 0 radical (unpaired) electrons. The third-order valence-corrected chi connectivity index (χ3v) is 10.2. The second-order valence-corrected chi connectivity index (χ2v) is 14.0. The molecule has 9 nitrogen and oxygen atoms in total. The molecule has 3 aromatic heterocycles. The van der Waals surface area contributed by atoms with E-state index in [1.165, 1.54) is 42.1 Å². The smallest absolute Gasteiger partial charge is 0.197 e. The molecule has 0 saturated carbocycles. The molecule has 1 N–H and O–H groups in total. The number of fused-ring (bicyclic) bond motifs is 1. The summed E-state index contributed by atoms with van der Waals surface area (Å²) in [5.41, 5.74) is 3.91. The number of pyridine rings is 1. The largest absolute Gasteiger partial charge is 0.488 e. The van der Waals surface area contributed by atoms with E-state index in [0.717, 1.165) is 42.9 Å². The third-order valence-electron chi connectivity index (χ3n) is 6.96. The Hall–Kier alpha value is -4.30. The average molecular weight is 721 g/mol. The SMILES string of the molecule is CC(OCCS(=O)(=O)c1ccccn1)c1nc(-c2ccc3ncnc(Nc4ccc(OCc5cccc(F)c5)c(Br)c4)c3c2)cs1. The average Bonchev–Trinajstić information content (AvgIpc) is 3.56. The summed E-state index contributed by atoms with van der Waals surface area (Å²) < 4.78 is 51.0. The molecule has 6 rings (SSSR count). The van der Waals surface area contributed by atoms with Crippen molar-refractivity contribution in [1.29, 1.82) is 0 Å². The van der Waals surface area contributed by atoms with E-state index in [1.54, 1.807) is 18.2 Å². The molecule has 3 heterocycles. The van der Waals surface area contributed by atoms with E-state index in [2.05, 4.69) is 36.2 Å². The lowest BCUT2D eigenvalue weighted by Gasteiger charge is -2.12. The highest BCUT2D eigenvalue weighted by atomic mass is 79.9. The van der Waals surface area contributed by atoms with Crippen molar-refractivity contribution in [3.8, 4) is 17.0 Å². The van der Waals surface area contributed by atoms with Gasteiger partial charge in [0.05, 0.1) is 28.0 Å². The number of hydrogen-bond acceptors (Lipinski definition) is 10. The molecule has 0 bridgehead atoms. The minimum absolute atomic E-state index is 0.0214. The van der Waals surface area contributed by atoms with Gasteiger partial charge in [0, 0.05) is 28.2 Å². The zero-order chi connectivity index (χ0) is 32.1. The molecule has 6 aromatic rings. The summed E-state index contributed by atoms with van der Waals surface area (Å²) in [6, 6.07) is 22.5. The van der Waals surface area contributed by atoms with Gasteiger partial charge in [-0.3, -0.25) is 0 Å². The van der Waals surface area contributed by atoms with Crippen LogP contribution in [0.3, 0.4) is 0 Å². The molecule has 0 aliphatic carbocycles. The van der Waals surface area contributed by atoms with Gasteiger partial charge in [-0.2, -0.15) is 0 Å². The molecule has 0 fully saturated rings. The van der Waals surface area contributed by atoms with Gasteiger partial charge in [-0.15, -0.1) is 11.3 Å². The van der Waals surface area contributed by atoms with Gasteiger partial charge in [-0.1, -0.05) is 24.3 Å². The summed E-state index contributed by atoms with van der Waals surface area (Å²) in [5, 5.41) is 6.89. The van der Waals surface area contributed by atoms with Crippen LogP contribution in [0, 0.1) is 5.82 Å². The van der Waals surface area contributed by atoms with E-state index in [-0.39, 0.29) is 29.8 Å². The maximum atomic E-state index is 13.5. The van der Waals surface area contributed by atoms with Crippen molar-refractivity contribution in [3.05, 3.63) is 118 Å². The predicted molar refractivity (Wildman–Crippen MR) is 179 cm³/mol. The van der Waals surface area contributed by atoms with Gasteiger partial charge in [0.15, 0.2) is 14.9 Å². The molecular formula is C33H27BrFN5O4S2. The highest BCUT2D eigenvalue weighted by Gasteiger charge is 2.18. The number of thiazole rings is 1. The Morgan fingerprint density at radius 1 is 1.00 bits per heavy atom. The van der Waals surface area contributed by atoms with Crippen molar-refractivity contribution in [1.82, 2.24) is 19.9 Å². The summed E-state index contributed by atoms with van der Waals surface area (Å²) in [4.78, 5) is 17.6. The van der Waals surface area contributed by atoms with Gasteiger partial charge in [0.2, 0.25) is 0 Å². The molecule has 1 atom stereocenters. The van der Waals surface area contributed by atoms with Crippen LogP contribution in [0.2, 0.25) is 0 Å². The third kappa shape index (κ3) is 7.56. The summed E-state index contributed by atoms with van der Waals surface area (Å²) in [6.07, 6.45) is 2.57. The van der Waals surface area contributed by atoms with Crippen molar-refractivity contribution in [2.45, 2.75) is 24.7 Å². The Morgan fingerprint density at radius 2 is 1.89 bits per heavy atom. The fourth-order valence-corrected chi connectivity index (χ4v) is 6.94. The summed E-state index contributed by atoms with van der Waals surface area (Å²) in [5.74, 6) is 0.765. The molecule has 0 saturated heterocycles. The van der Waals surface area contributed by atoms with E-state index in [1.807, 2.05) is 54.8 Å². The Morgan fingerprint density at radius 3 is 2.70 bits per heavy atom. The summed E-state index contributed by atoms with van der Waals surface area (Å²) in [6.45, 7) is 2.11. The molecule has 0 aliphatic rings. The lowest BCUT2D eigenvalue weighted by molar-refractivity contribution is 0.0775. The molecule has 1 unspecified atom stereocenters. The molecule has 0 spiro atoms. The zero-order valence-electron chi connectivity index (χ0n) is 24.4. The normalized spacial score (nSPS) is 12.2. The van der Waals surface area contributed by atoms with Gasteiger partial charge < -0.3 is 14.8 Å². The van der Waals surface area contributed by atoms with Crippen LogP contribution in [0.1, 0.15) is 23.6 Å². The fourth-order valence-electron chi connectivity index (χ4n) is 4.58. The van der Waals surface area contributed by atoms with Gasteiger partial charge in [0.25, 0.3) is 0 Å². The molecule has 13 heteroatoms. The quantitative estimate of drug-likeness (QED) is 0.135. The van der Waals surface area contributed by atoms with E-state index in [4.69, 9.17) is 14.5 Å². The van der Waals surface area contributed by atoms with Gasteiger partial charge in [-0.25, -0.2) is 32.7 Å². The maximum Gasteiger partial charge on any atom is 0.197 e. The van der Waals surface area contributed by atoms with Crippen LogP contribution in [0.5, 0.6) is 5.75 Å². The topological polar surface area (TPSA) is 116 Å². The number of rotatable bonds is 12. The van der Waals surface area contributed by atoms with Crippen LogP contribution in [0.15, 0.2) is 106 Å². The number of anilines is 2. The van der Waals surface area contributed by atoms with Crippen LogP contribution in [0.4, 0.5) is 15.9 Å². The van der Waals surface area contributed by atoms with E-state index >= 15 is 0 Å². The molecular weight excluding hydrogens is 693 g/mol. The highest BCUT2D eigenvalue weighted by Crippen LogP contribution is 2.33. The van der Waals surface area contributed by atoms with Crippen molar-refractivity contribution in [3.63, 3.8) is 0 Å². The van der Waals surface area contributed by atoms with Crippen LogP contribution < -0.4 is 10.1 Å². The van der Waals surface area contributed by atoms with E-state index < -0.39 is 15.9 Å². The summed E-state index contributed by atoms with van der Waals surface area (Å²) in [7, 11) is -3.53. The summed E-state index contributed by atoms with van der Waals surface area (Å²) >= 11 is 5.01. The zero-order valence-corrected chi connectivity index (χ0v) is 27.6. The Kier molecular flexibility index (Phi) is 9.64. The standard InChI is InChI=1S/C33H27BrFN5O4S2/c1-21(43-13-14-46(41,42)31-7-2-3-12-36-31)33-40-29(19-45-33)23-8-10-28-26(16-23)32(38-20-37-28)39-25-9-11-30(27(34)17-25)44-18-22-5-4-6-24(35)15-22/h2-12,15-17,19-21H,13-14,18H2,1H3,(H,37,38,39). The van der Waals surface area contributed by atoms with Gasteiger partial charge in [-0.05, 0) is 83.0 Å². The lowest BCUT2D eigenvalue weighted by Crippen LogP contribution is -2.15. The van der Waals surface area contributed by atoms with Crippen LogP contribution in [-0.4, -0.2) is 40.7 Å². The number of sulfone groups is 1.